The fraction of sp³-hybridized carbons (Fsp3) is 0.600. The van der Waals surface area contributed by atoms with Crippen LogP contribution in [0.2, 0.25) is 0 Å². The molecular weight excluding hydrogens is 169 g/mol. The standard InChI is InChI=1S/C5H8NO2PS/c1-6-4(7)2-3(10-9)5(6)8/h3H,2,9H2,1H3. The van der Waals surface area contributed by atoms with Gasteiger partial charge in [-0.3, -0.25) is 14.5 Å². The van der Waals surface area contributed by atoms with Crippen molar-refractivity contribution >= 4 is 31.6 Å². The van der Waals surface area contributed by atoms with E-state index in [0.29, 0.717) is 6.42 Å². The summed E-state index contributed by atoms with van der Waals surface area (Å²) in [4.78, 5) is 23.0. The molecule has 2 amide bonds. The smallest absolute Gasteiger partial charge is 0.242 e. The number of hydrogen-bond acceptors (Lipinski definition) is 3. The van der Waals surface area contributed by atoms with E-state index in [2.05, 4.69) is 8.44 Å². The summed E-state index contributed by atoms with van der Waals surface area (Å²) in [6, 6.07) is 0. The molecule has 0 aromatic heterocycles. The van der Waals surface area contributed by atoms with Crippen LogP contribution >= 0.6 is 19.8 Å². The van der Waals surface area contributed by atoms with E-state index in [1.807, 2.05) is 0 Å². The van der Waals surface area contributed by atoms with E-state index in [4.69, 9.17) is 0 Å². The Kier molecular flexibility index (Phi) is 2.32. The van der Waals surface area contributed by atoms with Crippen LogP contribution in [0.25, 0.3) is 0 Å². The Morgan fingerprint density at radius 2 is 2.30 bits per heavy atom. The van der Waals surface area contributed by atoms with Crippen LogP contribution in [-0.2, 0) is 9.59 Å². The third kappa shape index (κ3) is 1.18. The highest BCUT2D eigenvalue weighted by Crippen LogP contribution is 2.28. The van der Waals surface area contributed by atoms with Crippen molar-refractivity contribution < 1.29 is 9.59 Å². The number of nitrogens with zero attached hydrogens (tertiary/aromatic N) is 1. The predicted octanol–water partition coefficient (Wildman–Crippen LogP) is 0.267. The molecule has 1 aliphatic heterocycles. The number of likely N-dealkylation sites (tertiary alicyclic amines) is 1. The number of imide groups is 1. The molecule has 1 aliphatic rings. The second-order valence-corrected chi connectivity index (χ2v) is 3.78. The van der Waals surface area contributed by atoms with Crippen LogP contribution in [-0.4, -0.2) is 29.0 Å². The summed E-state index contributed by atoms with van der Waals surface area (Å²) < 4.78 is 0. The Morgan fingerprint density at radius 1 is 1.70 bits per heavy atom. The molecular formula is C5H8NO2PS. The first-order valence-corrected chi connectivity index (χ1v) is 5.18. The first-order valence-electron chi connectivity index (χ1n) is 2.82. The zero-order chi connectivity index (χ0) is 7.72. The highest BCUT2D eigenvalue weighted by Gasteiger charge is 2.35. The lowest BCUT2D eigenvalue weighted by molar-refractivity contribution is -0.136. The van der Waals surface area contributed by atoms with E-state index < -0.39 is 0 Å². The molecule has 0 bridgehead atoms. The third-order valence-electron chi connectivity index (χ3n) is 1.50. The van der Waals surface area contributed by atoms with Gasteiger partial charge in [-0.2, -0.15) is 0 Å². The quantitative estimate of drug-likeness (QED) is 0.426. The second-order valence-electron chi connectivity index (χ2n) is 2.12. The van der Waals surface area contributed by atoms with E-state index >= 15 is 0 Å². The highest BCUT2D eigenvalue weighted by molar-refractivity contribution is 8.44. The molecule has 0 N–H and O–H groups in total. The average Bonchev–Trinajstić information content (AvgIpc) is 2.17. The van der Waals surface area contributed by atoms with Crippen molar-refractivity contribution in [2.24, 2.45) is 0 Å². The highest BCUT2D eigenvalue weighted by atomic mass is 32.7. The summed E-state index contributed by atoms with van der Waals surface area (Å²) >= 11 is 1.35. The van der Waals surface area contributed by atoms with E-state index in [1.54, 1.807) is 0 Å². The number of amides is 2. The van der Waals surface area contributed by atoms with Gasteiger partial charge in [0.15, 0.2) is 0 Å². The summed E-state index contributed by atoms with van der Waals surface area (Å²) in [5.41, 5.74) is 0. The number of hydrogen-bond donors (Lipinski definition) is 0. The first-order chi connectivity index (χ1) is 4.66. The molecule has 0 aromatic carbocycles. The largest absolute Gasteiger partial charge is 0.285 e. The maximum Gasteiger partial charge on any atom is 0.242 e. The minimum Gasteiger partial charge on any atom is -0.285 e. The predicted molar refractivity (Wildman–Crippen MR) is 43.5 cm³/mol. The Morgan fingerprint density at radius 3 is 2.50 bits per heavy atom. The van der Waals surface area contributed by atoms with Gasteiger partial charge in [-0.1, -0.05) is 8.44 Å². The molecule has 3 nitrogen and oxygen atoms in total. The Labute approximate surface area is 65.5 Å². The van der Waals surface area contributed by atoms with E-state index in [-0.39, 0.29) is 17.1 Å². The number of carbonyl (C=O) groups excluding carboxylic acids is 2. The van der Waals surface area contributed by atoms with Crippen molar-refractivity contribution in [3.8, 4) is 0 Å². The molecule has 0 aromatic rings. The molecule has 0 radical (unpaired) electrons. The van der Waals surface area contributed by atoms with Crippen LogP contribution in [0.3, 0.4) is 0 Å². The first kappa shape index (κ1) is 8.02. The molecule has 0 spiro atoms. The molecule has 1 heterocycles. The van der Waals surface area contributed by atoms with Gasteiger partial charge in [0, 0.05) is 13.5 Å². The van der Waals surface area contributed by atoms with Gasteiger partial charge in [0.2, 0.25) is 11.8 Å². The Bertz CT molecular complexity index is 184. The van der Waals surface area contributed by atoms with Gasteiger partial charge in [-0.05, 0) is 0 Å². The summed E-state index contributed by atoms with van der Waals surface area (Å²) in [7, 11) is 3.92. The Hall–Kier alpha value is -0.0800. The fourth-order valence-electron chi connectivity index (χ4n) is 0.828. The van der Waals surface area contributed by atoms with Gasteiger partial charge in [-0.15, -0.1) is 11.4 Å². The lowest BCUT2D eigenvalue weighted by Crippen LogP contribution is -2.26. The second kappa shape index (κ2) is 2.89. The zero-order valence-electron chi connectivity index (χ0n) is 5.53. The summed E-state index contributed by atoms with van der Waals surface area (Å²) in [6.45, 7) is 0. The lowest BCUT2D eigenvalue weighted by atomic mass is 10.4. The van der Waals surface area contributed by atoms with Crippen molar-refractivity contribution in [2.45, 2.75) is 11.7 Å². The van der Waals surface area contributed by atoms with Crippen molar-refractivity contribution in [2.75, 3.05) is 7.05 Å². The lowest BCUT2D eigenvalue weighted by Gasteiger charge is -2.04. The van der Waals surface area contributed by atoms with E-state index in [9.17, 15) is 9.59 Å². The topological polar surface area (TPSA) is 37.4 Å². The van der Waals surface area contributed by atoms with Crippen LogP contribution in [0.4, 0.5) is 0 Å². The van der Waals surface area contributed by atoms with Gasteiger partial charge in [0.25, 0.3) is 0 Å². The van der Waals surface area contributed by atoms with Gasteiger partial charge >= 0.3 is 0 Å². The molecule has 2 unspecified atom stereocenters. The summed E-state index contributed by atoms with van der Waals surface area (Å²) in [5, 5.41) is -0.164. The Balaban J connectivity index is 2.71. The van der Waals surface area contributed by atoms with Crippen molar-refractivity contribution in [1.82, 2.24) is 4.90 Å². The summed E-state index contributed by atoms with van der Waals surface area (Å²) in [5.74, 6) is -0.157. The van der Waals surface area contributed by atoms with E-state index in [1.165, 1.54) is 23.3 Å². The van der Waals surface area contributed by atoms with Gasteiger partial charge in [0.05, 0.1) is 5.25 Å². The molecule has 2 atom stereocenters. The molecule has 0 saturated carbocycles. The van der Waals surface area contributed by atoms with Crippen LogP contribution in [0.15, 0.2) is 0 Å². The van der Waals surface area contributed by atoms with Crippen LogP contribution in [0, 0.1) is 0 Å². The SMILES string of the molecule is CN1C(=O)CC(SP)C1=O. The summed E-state index contributed by atoms with van der Waals surface area (Å²) in [6.07, 6.45) is 0.351. The maximum atomic E-state index is 11.0. The van der Waals surface area contributed by atoms with Gasteiger partial charge in [0.1, 0.15) is 0 Å². The maximum absolute atomic E-state index is 11.0. The van der Waals surface area contributed by atoms with Crippen molar-refractivity contribution in [3.05, 3.63) is 0 Å². The molecule has 5 heteroatoms. The van der Waals surface area contributed by atoms with Crippen LogP contribution < -0.4 is 0 Å². The molecule has 1 fully saturated rings. The number of rotatable bonds is 1. The third-order valence-corrected chi connectivity index (χ3v) is 3.19. The molecule has 1 rings (SSSR count). The number of carbonyl (C=O) groups is 2. The van der Waals surface area contributed by atoms with Gasteiger partial charge < -0.3 is 0 Å². The van der Waals surface area contributed by atoms with Gasteiger partial charge in [-0.25, -0.2) is 0 Å². The monoisotopic (exact) mass is 177 g/mol. The van der Waals surface area contributed by atoms with Crippen LogP contribution in [0.5, 0.6) is 0 Å². The fourth-order valence-corrected chi connectivity index (χ4v) is 1.98. The average molecular weight is 177 g/mol. The van der Waals surface area contributed by atoms with Crippen molar-refractivity contribution in [1.29, 1.82) is 0 Å². The van der Waals surface area contributed by atoms with E-state index in [0.717, 1.165) is 0 Å². The minimum atomic E-state index is -0.164. The normalized spacial score (nSPS) is 26.2. The van der Waals surface area contributed by atoms with Crippen molar-refractivity contribution in [3.63, 3.8) is 0 Å². The molecule has 56 valence electrons. The minimum absolute atomic E-state index is 0.0787. The zero-order valence-corrected chi connectivity index (χ0v) is 7.50. The van der Waals surface area contributed by atoms with Crippen LogP contribution in [0.1, 0.15) is 6.42 Å². The molecule has 0 aliphatic carbocycles. The molecule has 10 heavy (non-hydrogen) atoms. The molecule has 1 saturated heterocycles.